The van der Waals surface area contributed by atoms with E-state index < -0.39 is 16.3 Å². The van der Waals surface area contributed by atoms with Crippen molar-refractivity contribution < 1.29 is 18.3 Å². The summed E-state index contributed by atoms with van der Waals surface area (Å²) in [5, 5.41) is 9.65. The third kappa shape index (κ3) is 5.09. The predicted octanol–water partition coefficient (Wildman–Crippen LogP) is 5.43. The molecule has 0 fully saturated rings. The minimum Gasteiger partial charge on any atom is -0.464 e. The van der Waals surface area contributed by atoms with E-state index in [4.69, 9.17) is 0 Å². The smallest absolute Gasteiger partial charge is 0.427 e. The van der Waals surface area contributed by atoms with E-state index in [1.807, 2.05) is 60.6 Å². The molecule has 6 nitrogen and oxygen atoms in total. The van der Waals surface area contributed by atoms with Gasteiger partial charge in [0.05, 0.1) is 11.4 Å². The lowest BCUT2D eigenvalue weighted by Gasteiger charge is -2.32. The summed E-state index contributed by atoms with van der Waals surface area (Å²) in [5.41, 5.74) is 2.40. The maximum Gasteiger partial charge on any atom is 0.427 e. The van der Waals surface area contributed by atoms with E-state index in [1.165, 1.54) is 12.1 Å². The number of rotatable bonds is 4. The van der Waals surface area contributed by atoms with Gasteiger partial charge in [-0.05, 0) is 41.0 Å². The molecular weight excluding hydrogens is 388 g/mol. The minimum atomic E-state index is -4.42. The number of carbonyl (C=O) groups is 1. The number of hydrogen-bond acceptors (Lipinski definition) is 3. The Kier molecular flexibility index (Phi) is 6.04. The highest BCUT2D eigenvalue weighted by Crippen LogP contribution is 2.40. The van der Waals surface area contributed by atoms with Gasteiger partial charge in [-0.15, -0.1) is 0 Å². The summed E-state index contributed by atoms with van der Waals surface area (Å²) >= 11 is 0. The number of aryl methyl sites for hydroxylation is 1. The Morgan fingerprint density at radius 3 is 1.76 bits per heavy atom. The molecule has 0 radical (unpaired) electrons. The van der Waals surface area contributed by atoms with Crippen LogP contribution in [0.4, 0.5) is 16.2 Å². The molecule has 2 N–H and O–H groups in total. The molecule has 2 aromatic rings. The molecule has 0 aliphatic rings. The van der Waals surface area contributed by atoms with E-state index in [9.17, 15) is 18.3 Å². The fraction of sp³-hybridized carbons (Fsp3) is 0.409. The van der Waals surface area contributed by atoms with Crippen LogP contribution >= 0.6 is 0 Å². The summed E-state index contributed by atoms with van der Waals surface area (Å²) in [6, 6.07) is 11.7. The quantitative estimate of drug-likeness (QED) is 0.693. The molecule has 0 unspecified atom stereocenters. The van der Waals surface area contributed by atoms with Gasteiger partial charge < -0.3 is 5.11 Å². The van der Waals surface area contributed by atoms with Crippen LogP contribution in [0.1, 0.15) is 58.2 Å². The van der Waals surface area contributed by atoms with E-state index >= 15 is 0 Å². The van der Waals surface area contributed by atoms with Crippen LogP contribution in [-0.2, 0) is 21.0 Å². The van der Waals surface area contributed by atoms with Crippen molar-refractivity contribution >= 4 is 27.7 Å². The van der Waals surface area contributed by atoms with Gasteiger partial charge in [-0.25, -0.2) is 4.79 Å². The van der Waals surface area contributed by atoms with Gasteiger partial charge in [0, 0.05) is 0 Å². The second-order valence-corrected chi connectivity index (χ2v) is 10.7. The standard InChI is InChI=1S/C22H30N2O4S/c1-15-13-17(21(2,3)4)19(18(14-15)22(5,6)7)23-29(27,28)24(20(25)26)16-11-9-8-10-12-16/h8-14,23H,1-7H3,(H,25,26). The second-order valence-electron chi connectivity index (χ2n) is 9.22. The van der Waals surface area contributed by atoms with E-state index in [-0.39, 0.29) is 16.5 Å². The van der Waals surface area contributed by atoms with Crippen LogP contribution in [0.25, 0.3) is 0 Å². The number of benzene rings is 2. The van der Waals surface area contributed by atoms with Gasteiger partial charge in [0.15, 0.2) is 0 Å². The molecule has 29 heavy (non-hydrogen) atoms. The first-order chi connectivity index (χ1) is 13.1. The summed E-state index contributed by atoms with van der Waals surface area (Å²) < 4.78 is 29.4. The van der Waals surface area contributed by atoms with Crippen LogP contribution in [0.3, 0.4) is 0 Å². The second kappa shape index (κ2) is 7.71. The van der Waals surface area contributed by atoms with Crippen LogP contribution in [0.15, 0.2) is 42.5 Å². The molecule has 0 saturated carbocycles. The third-order valence-corrected chi connectivity index (χ3v) is 5.84. The van der Waals surface area contributed by atoms with Crippen molar-refractivity contribution in [3.63, 3.8) is 0 Å². The first kappa shape index (κ1) is 22.7. The van der Waals surface area contributed by atoms with E-state index in [2.05, 4.69) is 4.72 Å². The van der Waals surface area contributed by atoms with E-state index in [1.54, 1.807) is 18.2 Å². The number of nitrogens with one attached hydrogen (secondary N) is 1. The lowest BCUT2D eigenvalue weighted by atomic mass is 9.78. The van der Waals surface area contributed by atoms with Crippen molar-refractivity contribution in [1.29, 1.82) is 0 Å². The monoisotopic (exact) mass is 418 g/mol. The molecule has 7 heteroatoms. The Morgan fingerprint density at radius 2 is 1.38 bits per heavy atom. The highest BCUT2D eigenvalue weighted by atomic mass is 32.2. The number of carboxylic acid groups (broad SMARTS) is 1. The Morgan fingerprint density at radius 1 is 0.931 bits per heavy atom. The van der Waals surface area contributed by atoms with Crippen LogP contribution in [0, 0.1) is 6.92 Å². The molecule has 0 aromatic heterocycles. The lowest BCUT2D eigenvalue weighted by Crippen LogP contribution is -2.41. The highest BCUT2D eigenvalue weighted by Gasteiger charge is 2.33. The van der Waals surface area contributed by atoms with Crippen molar-refractivity contribution in [3.8, 4) is 0 Å². The number of anilines is 2. The molecule has 0 aliphatic heterocycles. The first-order valence-electron chi connectivity index (χ1n) is 9.41. The van der Waals surface area contributed by atoms with Gasteiger partial charge in [-0.3, -0.25) is 4.72 Å². The molecule has 0 heterocycles. The molecule has 0 spiro atoms. The van der Waals surface area contributed by atoms with Gasteiger partial charge in [0.25, 0.3) is 0 Å². The van der Waals surface area contributed by atoms with Gasteiger partial charge in [-0.1, -0.05) is 77.4 Å². The van der Waals surface area contributed by atoms with Gasteiger partial charge >= 0.3 is 16.3 Å². The molecule has 0 bridgehead atoms. The Balaban J connectivity index is 2.72. The zero-order valence-corrected chi connectivity index (χ0v) is 18.9. The fourth-order valence-electron chi connectivity index (χ4n) is 3.17. The van der Waals surface area contributed by atoms with Crippen molar-refractivity contribution in [2.75, 3.05) is 9.03 Å². The van der Waals surface area contributed by atoms with Crippen LogP contribution in [0.5, 0.6) is 0 Å². The Bertz CT molecular complexity index is 966. The third-order valence-electron chi connectivity index (χ3n) is 4.53. The fourth-order valence-corrected chi connectivity index (χ4v) is 4.34. The normalized spacial score (nSPS) is 12.5. The average Bonchev–Trinajstić information content (AvgIpc) is 2.54. The molecule has 158 valence electrons. The van der Waals surface area contributed by atoms with Gasteiger partial charge in [0.2, 0.25) is 0 Å². The van der Waals surface area contributed by atoms with E-state index in [0.29, 0.717) is 9.99 Å². The number of para-hydroxylation sites is 1. The summed E-state index contributed by atoms with van der Waals surface area (Å²) in [4.78, 5) is 11.9. The SMILES string of the molecule is Cc1cc(C(C)(C)C)c(NS(=O)(=O)N(C(=O)O)c2ccccc2)c(C(C)(C)C)c1. The van der Waals surface area contributed by atoms with Crippen molar-refractivity contribution in [2.45, 2.75) is 59.3 Å². The maximum absolute atomic E-state index is 13.2. The predicted molar refractivity (Wildman–Crippen MR) is 118 cm³/mol. The topological polar surface area (TPSA) is 86.7 Å². The summed E-state index contributed by atoms with van der Waals surface area (Å²) in [5.74, 6) is 0. The summed E-state index contributed by atoms with van der Waals surface area (Å²) in [7, 11) is -4.42. The largest absolute Gasteiger partial charge is 0.464 e. The van der Waals surface area contributed by atoms with Crippen LogP contribution in [-0.4, -0.2) is 19.6 Å². The Hall–Kier alpha value is -2.54. The lowest BCUT2D eigenvalue weighted by molar-refractivity contribution is 0.206. The number of hydrogen-bond donors (Lipinski definition) is 2. The number of nitrogens with zero attached hydrogens (tertiary/aromatic N) is 1. The Labute approximate surface area is 173 Å². The minimum absolute atomic E-state index is 0.0502. The summed E-state index contributed by atoms with van der Waals surface area (Å²) in [6.45, 7) is 14.0. The maximum atomic E-state index is 13.2. The molecule has 0 saturated heterocycles. The molecule has 1 amide bonds. The van der Waals surface area contributed by atoms with E-state index in [0.717, 1.165) is 16.7 Å². The van der Waals surface area contributed by atoms with Gasteiger partial charge in [-0.2, -0.15) is 12.7 Å². The zero-order chi connectivity index (χ0) is 22.2. The van der Waals surface area contributed by atoms with Crippen molar-refractivity contribution in [1.82, 2.24) is 0 Å². The molecule has 0 aliphatic carbocycles. The molecule has 2 rings (SSSR count). The number of amides is 1. The highest BCUT2D eigenvalue weighted by molar-refractivity contribution is 7.94. The van der Waals surface area contributed by atoms with Crippen molar-refractivity contribution in [2.24, 2.45) is 0 Å². The average molecular weight is 419 g/mol. The van der Waals surface area contributed by atoms with Crippen molar-refractivity contribution in [3.05, 3.63) is 59.2 Å². The first-order valence-corrected chi connectivity index (χ1v) is 10.9. The van der Waals surface area contributed by atoms with Crippen LogP contribution in [0.2, 0.25) is 0 Å². The zero-order valence-electron chi connectivity index (χ0n) is 18.1. The molecule has 2 aromatic carbocycles. The summed E-state index contributed by atoms with van der Waals surface area (Å²) in [6.07, 6.45) is -1.58. The van der Waals surface area contributed by atoms with Crippen LogP contribution < -0.4 is 9.03 Å². The molecule has 0 atom stereocenters. The van der Waals surface area contributed by atoms with Gasteiger partial charge in [0.1, 0.15) is 0 Å². The molecular formula is C22H30N2O4S.